The molecular formula is C16H24N2O. The lowest BCUT2D eigenvalue weighted by Crippen LogP contribution is -2.51. The fourth-order valence-corrected chi connectivity index (χ4v) is 3.82. The zero-order valence-electron chi connectivity index (χ0n) is 12.0. The predicted octanol–water partition coefficient (Wildman–Crippen LogP) is 2.66. The van der Waals surface area contributed by atoms with E-state index >= 15 is 0 Å². The number of aromatic nitrogens is 1. The van der Waals surface area contributed by atoms with Crippen LogP contribution in [0, 0.1) is 0 Å². The zero-order chi connectivity index (χ0) is 13.3. The molecule has 1 aromatic heterocycles. The van der Waals surface area contributed by atoms with E-state index in [2.05, 4.69) is 36.3 Å². The zero-order valence-corrected chi connectivity index (χ0v) is 12.0. The van der Waals surface area contributed by atoms with Gasteiger partial charge in [-0.15, -0.1) is 0 Å². The van der Waals surface area contributed by atoms with Crippen molar-refractivity contribution in [2.75, 3.05) is 13.2 Å². The van der Waals surface area contributed by atoms with E-state index in [9.17, 15) is 0 Å². The number of hydrogen-bond acceptors (Lipinski definition) is 3. The van der Waals surface area contributed by atoms with Gasteiger partial charge in [-0.1, -0.05) is 13.0 Å². The minimum Gasteiger partial charge on any atom is -0.374 e. The highest BCUT2D eigenvalue weighted by atomic mass is 16.5. The van der Waals surface area contributed by atoms with Crippen molar-refractivity contribution in [2.24, 2.45) is 0 Å². The highest BCUT2D eigenvalue weighted by molar-refractivity contribution is 5.31. The SMILES string of the molecule is CCNC(C1CCc2cccnc21)C1(C)CCCO1. The molecule has 1 fully saturated rings. The van der Waals surface area contributed by atoms with Gasteiger partial charge < -0.3 is 10.1 Å². The molecule has 0 saturated carbocycles. The first-order valence-corrected chi connectivity index (χ1v) is 7.56. The summed E-state index contributed by atoms with van der Waals surface area (Å²) in [5.74, 6) is 0.499. The third kappa shape index (κ3) is 2.30. The molecule has 19 heavy (non-hydrogen) atoms. The molecule has 104 valence electrons. The van der Waals surface area contributed by atoms with Gasteiger partial charge >= 0.3 is 0 Å². The van der Waals surface area contributed by atoms with E-state index in [1.165, 1.54) is 24.1 Å². The fourth-order valence-electron chi connectivity index (χ4n) is 3.82. The van der Waals surface area contributed by atoms with E-state index in [-0.39, 0.29) is 5.60 Å². The molecular weight excluding hydrogens is 236 g/mol. The maximum absolute atomic E-state index is 6.09. The molecule has 1 aliphatic heterocycles. The van der Waals surface area contributed by atoms with Crippen LogP contribution in [0.3, 0.4) is 0 Å². The van der Waals surface area contributed by atoms with Crippen LogP contribution in [0.5, 0.6) is 0 Å². The van der Waals surface area contributed by atoms with Crippen LogP contribution < -0.4 is 5.32 Å². The van der Waals surface area contributed by atoms with E-state index in [1.54, 1.807) is 0 Å². The highest BCUT2D eigenvalue weighted by Crippen LogP contribution is 2.41. The van der Waals surface area contributed by atoms with Crippen LogP contribution >= 0.6 is 0 Å². The average Bonchev–Trinajstić information content (AvgIpc) is 3.03. The van der Waals surface area contributed by atoms with Gasteiger partial charge in [-0.2, -0.15) is 0 Å². The topological polar surface area (TPSA) is 34.2 Å². The molecule has 0 spiro atoms. The first kappa shape index (κ1) is 13.1. The molecule has 0 radical (unpaired) electrons. The number of likely N-dealkylation sites (N-methyl/N-ethyl adjacent to an activating group) is 1. The summed E-state index contributed by atoms with van der Waals surface area (Å²) >= 11 is 0. The van der Waals surface area contributed by atoms with Crippen LogP contribution in [0.1, 0.15) is 50.3 Å². The van der Waals surface area contributed by atoms with Crippen LogP contribution in [0.25, 0.3) is 0 Å². The lowest BCUT2D eigenvalue weighted by atomic mass is 9.82. The maximum atomic E-state index is 6.09. The van der Waals surface area contributed by atoms with Gasteiger partial charge in [-0.3, -0.25) is 4.98 Å². The summed E-state index contributed by atoms with van der Waals surface area (Å²) in [6, 6.07) is 4.66. The summed E-state index contributed by atoms with van der Waals surface area (Å²) in [6.45, 7) is 6.34. The average molecular weight is 260 g/mol. The molecule has 0 aromatic carbocycles. The number of nitrogens with one attached hydrogen (secondary N) is 1. The van der Waals surface area contributed by atoms with Crippen molar-refractivity contribution in [2.45, 2.75) is 57.1 Å². The minimum absolute atomic E-state index is 0.0280. The standard InChI is InChI=1S/C16H24N2O/c1-3-17-15(16(2)9-5-11-19-16)13-8-7-12-6-4-10-18-14(12)13/h4,6,10,13,15,17H,3,5,7-9,11H2,1-2H3. The molecule has 2 heterocycles. The lowest BCUT2D eigenvalue weighted by Gasteiger charge is -2.38. The Morgan fingerprint density at radius 2 is 2.47 bits per heavy atom. The molecule has 1 aromatic rings. The smallest absolute Gasteiger partial charge is 0.0814 e. The quantitative estimate of drug-likeness (QED) is 0.903. The summed E-state index contributed by atoms with van der Waals surface area (Å²) in [4.78, 5) is 4.65. The lowest BCUT2D eigenvalue weighted by molar-refractivity contribution is -0.0191. The van der Waals surface area contributed by atoms with Crippen molar-refractivity contribution in [3.8, 4) is 0 Å². The first-order valence-electron chi connectivity index (χ1n) is 7.56. The van der Waals surface area contributed by atoms with E-state index < -0.39 is 0 Å². The Kier molecular flexibility index (Phi) is 3.59. The van der Waals surface area contributed by atoms with Crippen LogP contribution in [0.2, 0.25) is 0 Å². The van der Waals surface area contributed by atoms with Crippen molar-refractivity contribution in [1.82, 2.24) is 10.3 Å². The molecule has 3 nitrogen and oxygen atoms in total. The summed E-state index contributed by atoms with van der Waals surface area (Å²) in [5, 5.41) is 3.68. The largest absolute Gasteiger partial charge is 0.374 e. The van der Waals surface area contributed by atoms with E-state index in [1.807, 2.05) is 6.20 Å². The highest BCUT2D eigenvalue weighted by Gasteiger charge is 2.44. The molecule has 3 rings (SSSR count). The van der Waals surface area contributed by atoms with Crippen LogP contribution in [-0.2, 0) is 11.2 Å². The second kappa shape index (κ2) is 5.22. The van der Waals surface area contributed by atoms with Gasteiger partial charge in [0.2, 0.25) is 0 Å². The van der Waals surface area contributed by atoms with E-state index in [0.29, 0.717) is 12.0 Å². The van der Waals surface area contributed by atoms with Crippen LogP contribution in [0.4, 0.5) is 0 Å². The summed E-state index contributed by atoms with van der Waals surface area (Å²) in [7, 11) is 0. The molecule has 1 saturated heterocycles. The molecule has 3 heteroatoms. The monoisotopic (exact) mass is 260 g/mol. The van der Waals surface area contributed by atoms with Crippen molar-refractivity contribution in [3.05, 3.63) is 29.6 Å². The number of rotatable bonds is 4. The molecule has 0 amide bonds. The van der Waals surface area contributed by atoms with Gasteiger partial charge in [0, 0.05) is 30.5 Å². The number of hydrogen-bond donors (Lipinski definition) is 1. The molecule has 1 aliphatic carbocycles. The van der Waals surface area contributed by atoms with Crippen molar-refractivity contribution in [3.63, 3.8) is 0 Å². The van der Waals surface area contributed by atoms with Gasteiger partial charge in [0.25, 0.3) is 0 Å². The van der Waals surface area contributed by atoms with Crippen LogP contribution in [-0.4, -0.2) is 29.8 Å². The van der Waals surface area contributed by atoms with Gasteiger partial charge in [0.05, 0.1) is 5.60 Å². The van der Waals surface area contributed by atoms with Crippen LogP contribution in [0.15, 0.2) is 18.3 Å². The van der Waals surface area contributed by atoms with E-state index in [4.69, 9.17) is 4.74 Å². The van der Waals surface area contributed by atoms with Crippen molar-refractivity contribution >= 4 is 0 Å². The third-order valence-electron chi connectivity index (χ3n) is 4.74. The Balaban J connectivity index is 1.89. The number of aryl methyl sites for hydroxylation is 1. The Hall–Kier alpha value is -0.930. The van der Waals surface area contributed by atoms with E-state index in [0.717, 1.165) is 26.0 Å². The second-order valence-corrected chi connectivity index (χ2v) is 5.99. The summed E-state index contributed by atoms with van der Waals surface area (Å²) in [6.07, 6.45) is 6.62. The summed E-state index contributed by atoms with van der Waals surface area (Å²) < 4.78 is 6.09. The second-order valence-electron chi connectivity index (χ2n) is 5.99. The van der Waals surface area contributed by atoms with Crippen molar-refractivity contribution < 1.29 is 4.74 Å². The normalized spacial score (nSPS) is 31.4. The molecule has 2 aliphatic rings. The Morgan fingerprint density at radius 1 is 1.58 bits per heavy atom. The molecule has 3 unspecified atom stereocenters. The number of nitrogens with zero attached hydrogens (tertiary/aromatic N) is 1. The summed E-state index contributed by atoms with van der Waals surface area (Å²) in [5.41, 5.74) is 2.70. The fraction of sp³-hybridized carbons (Fsp3) is 0.688. The van der Waals surface area contributed by atoms with Gasteiger partial charge in [-0.25, -0.2) is 0 Å². The number of pyridine rings is 1. The Bertz CT molecular complexity index is 440. The molecule has 1 N–H and O–H groups in total. The molecule has 3 atom stereocenters. The molecule has 0 bridgehead atoms. The predicted molar refractivity (Wildman–Crippen MR) is 76.4 cm³/mol. The third-order valence-corrected chi connectivity index (χ3v) is 4.74. The Labute approximate surface area is 115 Å². The van der Waals surface area contributed by atoms with Crippen molar-refractivity contribution in [1.29, 1.82) is 0 Å². The van der Waals surface area contributed by atoms with Gasteiger partial charge in [0.1, 0.15) is 0 Å². The van der Waals surface area contributed by atoms with Gasteiger partial charge in [-0.05, 0) is 50.8 Å². The number of fused-ring (bicyclic) bond motifs is 1. The minimum atomic E-state index is -0.0280. The first-order chi connectivity index (χ1) is 9.24. The number of ether oxygens (including phenoxy) is 1. The Morgan fingerprint density at radius 3 is 3.21 bits per heavy atom. The maximum Gasteiger partial charge on any atom is 0.0814 e. The van der Waals surface area contributed by atoms with Gasteiger partial charge in [0.15, 0.2) is 0 Å².